The van der Waals surface area contributed by atoms with E-state index in [0.29, 0.717) is 23.5 Å². The highest BCUT2D eigenvalue weighted by Crippen LogP contribution is 2.33. The van der Waals surface area contributed by atoms with Crippen LogP contribution in [0.1, 0.15) is 48.0 Å². The second kappa shape index (κ2) is 8.60. The largest absolute Gasteiger partial charge is 0.449 e. The molecule has 1 aliphatic rings. The molecule has 2 unspecified atom stereocenters. The molecular weight excluding hydrogens is 404 g/mol. The third-order valence-corrected chi connectivity index (χ3v) is 7.66. The first-order chi connectivity index (χ1) is 13.0. The van der Waals surface area contributed by atoms with Gasteiger partial charge in [0.2, 0.25) is 5.91 Å². The van der Waals surface area contributed by atoms with Crippen molar-refractivity contribution in [3.63, 3.8) is 0 Å². The number of hydrogen-bond donors (Lipinski definition) is 1. The van der Waals surface area contributed by atoms with Gasteiger partial charge in [-0.2, -0.15) is 0 Å². The molecule has 1 N–H and O–H groups in total. The van der Waals surface area contributed by atoms with E-state index in [9.17, 15) is 22.8 Å². The van der Waals surface area contributed by atoms with Gasteiger partial charge in [-0.15, -0.1) is 11.3 Å². The smallest absolute Gasteiger partial charge is 0.342 e. The molecular formula is C18H26N2O6S2. The summed E-state index contributed by atoms with van der Waals surface area (Å²) in [6, 6.07) is -0.399. The lowest BCUT2D eigenvalue weighted by Crippen LogP contribution is -2.46. The Morgan fingerprint density at radius 3 is 2.46 bits per heavy atom. The third kappa shape index (κ3) is 4.91. The Hall–Kier alpha value is -1.94. The van der Waals surface area contributed by atoms with Crippen molar-refractivity contribution in [2.24, 2.45) is 0 Å². The summed E-state index contributed by atoms with van der Waals surface area (Å²) in [7, 11) is -3.14. The number of amides is 2. The number of nitrogens with zero attached hydrogens (tertiary/aromatic N) is 1. The van der Waals surface area contributed by atoms with Crippen molar-refractivity contribution in [1.82, 2.24) is 4.90 Å². The molecule has 0 spiro atoms. The van der Waals surface area contributed by atoms with Crippen LogP contribution >= 0.6 is 11.3 Å². The van der Waals surface area contributed by atoms with Crippen LogP contribution in [0.2, 0.25) is 0 Å². The molecule has 1 saturated heterocycles. The number of esters is 1. The highest BCUT2D eigenvalue weighted by Gasteiger charge is 2.36. The lowest BCUT2D eigenvalue weighted by molar-refractivity contribution is -0.141. The van der Waals surface area contributed by atoms with E-state index < -0.39 is 33.9 Å². The van der Waals surface area contributed by atoms with Gasteiger partial charge in [0.25, 0.3) is 5.91 Å². The van der Waals surface area contributed by atoms with Gasteiger partial charge < -0.3 is 15.0 Å². The van der Waals surface area contributed by atoms with Crippen LogP contribution in [0.5, 0.6) is 0 Å². The van der Waals surface area contributed by atoms with Crippen molar-refractivity contribution < 1.29 is 27.5 Å². The first kappa shape index (κ1) is 22.4. The van der Waals surface area contributed by atoms with Crippen LogP contribution in [0.3, 0.4) is 0 Å². The van der Waals surface area contributed by atoms with Crippen molar-refractivity contribution >= 4 is 44.0 Å². The van der Waals surface area contributed by atoms with E-state index in [1.807, 2.05) is 6.92 Å². The van der Waals surface area contributed by atoms with Gasteiger partial charge in [0.1, 0.15) is 5.00 Å². The number of likely N-dealkylation sites (N-methyl/N-ethyl adjacent to an activating group) is 1. The molecule has 0 aromatic carbocycles. The average Bonchev–Trinajstić information content (AvgIpc) is 3.06. The van der Waals surface area contributed by atoms with Crippen molar-refractivity contribution in [2.45, 2.75) is 53.2 Å². The lowest BCUT2D eigenvalue weighted by Gasteiger charge is -2.29. The minimum atomic E-state index is -3.14. The molecule has 1 aromatic rings. The molecule has 0 radical (unpaired) electrons. The molecule has 1 fully saturated rings. The van der Waals surface area contributed by atoms with Gasteiger partial charge in [-0.05, 0) is 39.7 Å². The lowest BCUT2D eigenvalue weighted by atomic mass is 10.1. The average molecular weight is 431 g/mol. The number of anilines is 1. The maximum absolute atomic E-state index is 12.8. The number of ether oxygens (including phenoxy) is 1. The summed E-state index contributed by atoms with van der Waals surface area (Å²) in [5.74, 6) is -1.43. The molecule has 0 saturated carbocycles. The van der Waals surface area contributed by atoms with Crippen molar-refractivity contribution in [3.05, 3.63) is 16.0 Å². The number of nitrogens with one attached hydrogen (secondary N) is 1. The van der Waals surface area contributed by atoms with Gasteiger partial charge >= 0.3 is 5.97 Å². The molecule has 10 heteroatoms. The number of hydrogen-bond acceptors (Lipinski definition) is 7. The third-order valence-electron chi connectivity index (χ3n) is 4.78. The Labute approximate surface area is 169 Å². The topological polar surface area (TPSA) is 110 Å². The number of carbonyl (C=O) groups is 3. The molecule has 8 nitrogen and oxygen atoms in total. The summed E-state index contributed by atoms with van der Waals surface area (Å²) in [5.41, 5.74) is 0.927. The van der Waals surface area contributed by atoms with Crippen LogP contribution in [0.25, 0.3) is 0 Å². The fourth-order valence-electron chi connectivity index (χ4n) is 3.24. The van der Waals surface area contributed by atoms with Gasteiger partial charge in [0.05, 0.1) is 17.1 Å². The van der Waals surface area contributed by atoms with Crippen LogP contribution in [0, 0.1) is 13.8 Å². The second-order valence-electron chi connectivity index (χ2n) is 6.90. The van der Waals surface area contributed by atoms with E-state index in [1.54, 1.807) is 13.8 Å². The van der Waals surface area contributed by atoms with E-state index in [0.717, 1.165) is 4.88 Å². The van der Waals surface area contributed by atoms with E-state index in [-0.39, 0.29) is 23.0 Å². The van der Waals surface area contributed by atoms with Crippen LogP contribution in [0.15, 0.2) is 0 Å². The van der Waals surface area contributed by atoms with E-state index in [1.165, 1.54) is 30.1 Å². The molecule has 1 aliphatic heterocycles. The van der Waals surface area contributed by atoms with Gasteiger partial charge in [-0.25, -0.2) is 13.2 Å². The van der Waals surface area contributed by atoms with Crippen LogP contribution in [-0.2, 0) is 24.2 Å². The fourth-order valence-corrected chi connectivity index (χ4v) is 6.06. The first-order valence-corrected chi connectivity index (χ1v) is 11.7. The van der Waals surface area contributed by atoms with Gasteiger partial charge in [0, 0.05) is 24.4 Å². The minimum Gasteiger partial charge on any atom is -0.449 e. The Bertz CT molecular complexity index is 890. The Morgan fingerprint density at radius 1 is 1.32 bits per heavy atom. The van der Waals surface area contributed by atoms with E-state index in [2.05, 4.69) is 5.32 Å². The normalized spacial score (nSPS) is 19.1. The van der Waals surface area contributed by atoms with Crippen molar-refractivity contribution in [1.29, 1.82) is 0 Å². The number of sulfone groups is 1. The Balaban J connectivity index is 2.15. The summed E-state index contributed by atoms with van der Waals surface area (Å²) in [6.07, 6.45) is -0.682. The SMILES string of the molecule is CCN(C(=O)C(C)OC(=O)c1c(NC(C)=O)sc(C)c1C)C1CCS(=O)(=O)C1. The fraction of sp³-hybridized carbons (Fsp3) is 0.611. The van der Waals surface area contributed by atoms with Crippen LogP contribution in [-0.4, -0.2) is 61.3 Å². The predicted octanol–water partition coefficient (Wildman–Crippen LogP) is 1.90. The molecule has 2 amide bonds. The molecule has 2 atom stereocenters. The Morgan fingerprint density at radius 2 is 1.96 bits per heavy atom. The van der Waals surface area contributed by atoms with Gasteiger partial charge in [-0.3, -0.25) is 9.59 Å². The maximum Gasteiger partial charge on any atom is 0.342 e. The zero-order chi connectivity index (χ0) is 21.2. The van der Waals surface area contributed by atoms with Crippen LogP contribution in [0.4, 0.5) is 5.00 Å². The van der Waals surface area contributed by atoms with Crippen molar-refractivity contribution in [2.75, 3.05) is 23.4 Å². The zero-order valence-corrected chi connectivity index (χ0v) is 18.3. The number of aryl methyl sites for hydroxylation is 1. The summed E-state index contributed by atoms with van der Waals surface area (Å²) < 4.78 is 28.8. The summed E-state index contributed by atoms with van der Waals surface area (Å²) in [6.45, 7) is 8.49. The van der Waals surface area contributed by atoms with E-state index in [4.69, 9.17) is 4.74 Å². The highest BCUT2D eigenvalue weighted by molar-refractivity contribution is 7.91. The number of carbonyl (C=O) groups excluding carboxylic acids is 3. The monoisotopic (exact) mass is 430 g/mol. The second-order valence-corrected chi connectivity index (χ2v) is 10.4. The van der Waals surface area contributed by atoms with E-state index >= 15 is 0 Å². The molecule has 1 aromatic heterocycles. The zero-order valence-electron chi connectivity index (χ0n) is 16.7. The standard InChI is InChI=1S/C18H26N2O6S2/c1-6-20(14-7-8-28(24,25)9-14)17(22)11(3)26-18(23)15-10(2)12(4)27-16(15)19-13(5)21/h11,14H,6-9H2,1-5H3,(H,19,21). The Kier molecular flexibility index (Phi) is 6.87. The predicted molar refractivity (Wildman–Crippen MR) is 107 cm³/mol. The summed E-state index contributed by atoms with van der Waals surface area (Å²) in [5, 5.41) is 3.01. The van der Waals surface area contributed by atoms with Gasteiger partial charge in [-0.1, -0.05) is 0 Å². The highest BCUT2D eigenvalue weighted by atomic mass is 32.2. The first-order valence-electron chi connectivity index (χ1n) is 9.06. The molecule has 156 valence electrons. The summed E-state index contributed by atoms with van der Waals surface area (Å²) >= 11 is 1.27. The molecule has 28 heavy (non-hydrogen) atoms. The van der Waals surface area contributed by atoms with Crippen molar-refractivity contribution in [3.8, 4) is 0 Å². The minimum absolute atomic E-state index is 0.0586. The molecule has 2 heterocycles. The molecule has 2 rings (SSSR count). The number of thiophene rings is 1. The maximum atomic E-state index is 12.8. The summed E-state index contributed by atoms with van der Waals surface area (Å²) in [4.78, 5) is 39.2. The molecule has 0 aliphatic carbocycles. The molecule has 0 bridgehead atoms. The number of rotatable bonds is 6. The van der Waals surface area contributed by atoms with Crippen LogP contribution < -0.4 is 5.32 Å². The quantitative estimate of drug-likeness (QED) is 0.691. The van der Waals surface area contributed by atoms with Gasteiger partial charge in [0.15, 0.2) is 15.9 Å².